The van der Waals surface area contributed by atoms with Crippen LogP contribution in [0.5, 0.6) is 0 Å². The Bertz CT molecular complexity index is 377. The number of hydrogen-bond acceptors (Lipinski definition) is 3. The molecule has 3 heteroatoms. The summed E-state index contributed by atoms with van der Waals surface area (Å²) >= 11 is 0. The van der Waals surface area contributed by atoms with Gasteiger partial charge >= 0.3 is 5.97 Å². The smallest absolute Gasteiger partial charge is 0.316 e. The van der Waals surface area contributed by atoms with Crippen LogP contribution in [0.2, 0.25) is 0 Å². The zero-order valence-electron chi connectivity index (χ0n) is 12.4. The molecule has 0 spiro atoms. The molecular weight excluding hydrogens is 240 g/mol. The predicted octanol–water partition coefficient (Wildman–Crippen LogP) is 3.22. The van der Waals surface area contributed by atoms with Crippen molar-refractivity contribution in [2.24, 2.45) is 10.8 Å². The lowest BCUT2D eigenvalue weighted by Gasteiger charge is -2.25. The molecule has 2 aliphatic rings. The van der Waals surface area contributed by atoms with E-state index in [0.717, 1.165) is 24.8 Å². The number of esters is 1. The van der Waals surface area contributed by atoms with Crippen LogP contribution < -0.4 is 0 Å². The molecule has 108 valence electrons. The maximum atomic E-state index is 12.5. The number of aliphatic hydroxyl groups is 1. The van der Waals surface area contributed by atoms with Gasteiger partial charge < -0.3 is 9.84 Å². The number of aliphatic hydroxyl groups excluding tert-OH is 1. The molecule has 0 aromatic rings. The van der Waals surface area contributed by atoms with Crippen molar-refractivity contribution in [1.82, 2.24) is 0 Å². The van der Waals surface area contributed by atoms with Crippen molar-refractivity contribution in [2.45, 2.75) is 65.4 Å². The summed E-state index contributed by atoms with van der Waals surface area (Å²) in [5, 5.41) is 9.18. The Hall–Kier alpha value is -0.830. The van der Waals surface area contributed by atoms with Crippen molar-refractivity contribution in [2.75, 3.05) is 6.61 Å². The Morgan fingerprint density at radius 2 is 1.89 bits per heavy atom. The van der Waals surface area contributed by atoms with Crippen LogP contribution in [0.25, 0.3) is 0 Å². The molecule has 0 bridgehead atoms. The van der Waals surface area contributed by atoms with Crippen molar-refractivity contribution >= 4 is 5.97 Å². The molecular formula is C16H26O3. The molecule has 0 aromatic heterocycles. The van der Waals surface area contributed by atoms with E-state index in [-0.39, 0.29) is 24.1 Å². The highest BCUT2D eigenvalue weighted by atomic mass is 16.5. The van der Waals surface area contributed by atoms with Gasteiger partial charge in [-0.2, -0.15) is 0 Å². The van der Waals surface area contributed by atoms with Gasteiger partial charge in [-0.25, -0.2) is 0 Å². The van der Waals surface area contributed by atoms with Crippen LogP contribution in [0.3, 0.4) is 0 Å². The monoisotopic (exact) mass is 266 g/mol. The zero-order chi connectivity index (χ0) is 14.1. The standard InChI is InChI=1S/C16H26O3/c1-12(10-17)9-16(11-15(16,2)3)14(18)19-13-7-5-4-6-8-13/h9,13,17H,4-8,10-11H2,1-3H3. The molecule has 1 atom stereocenters. The minimum atomic E-state index is -0.503. The maximum absolute atomic E-state index is 12.5. The van der Waals surface area contributed by atoms with Crippen molar-refractivity contribution in [3.63, 3.8) is 0 Å². The first kappa shape index (κ1) is 14.6. The predicted molar refractivity (Wildman–Crippen MR) is 74.6 cm³/mol. The van der Waals surface area contributed by atoms with E-state index >= 15 is 0 Å². The molecule has 1 unspecified atom stereocenters. The number of carbonyl (C=O) groups is 1. The Balaban J connectivity index is 2.06. The number of rotatable bonds is 4. The Kier molecular flexibility index (Phi) is 4.05. The van der Waals surface area contributed by atoms with Crippen LogP contribution in [-0.2, 0) is 9.53 Å². The minimum Gasteiger partial charge on any atom is -0.462 e. The van der Waals surface area contributed by atoms with Gasteiger partial charge in [-0.05, 0) is 44.4 Å². The molecule has 19 heavy (non-hydrogen) atoms. The van der Waals surface area contributed by atoms with Crippen LogP contribution >= 0.6 is 0 Å². The molecule has 2 fully saturated rings. The molecule has 1 N–H and O–H groups in total. The molecule has 2 rings (SSSR count). The average molecular weight is 266 g/mol. The second-order valence-electron chi connectivity index (χ2n) is 6.85. The fourth-order valence-corrected chi connectivity index (χ4v) is 3.21. The SMILES string of the molecule is CC(=CC1(C(=O)OC2CCCCC2)CC1(C)C)CO. The molecule has 2 aliphatic carbocycles. The van der Waals surface area contributed by atoms with Gasteiger partial charge in [0.25, 0.3) is 0 Å². The summed E-state index contributed by atoms with van der Waals surface area (Å²) in [6.07, 6.45) is 8.46. The van der Waals surface area contributed by atoms with Gasteiger partial charge in [0.1, 0.15) is 6.10 Å². The van der Waals surface area contributed by atoms with Gasteiger partial charge in [0.2, 0.25) is 0 Å². The van der Waals surface area contributed by atoms with Crippen LogP contribution in [-0.4, -0.2) is 23.8 Å². The lowest BCUT2D eigenvalue weighted by molar-refractivity contribution is -0.156. The topological polar surface area (TPSA) is 46.5 Å². The highest BCUT2D eigenvalue weighted by Crippen LogP contribution is 2.65. The molecule has 3 nitrogen and oxygen atoms in total. The van der Waals surface area contributed by atoms with Gasteiger partial charge in [0.05, 0.1) is 12.0 Å². The normalized spacial score (nSPS) is 31.1. The summed E-state index contributed by atoms with van der Waals surface area (Å²) in [6, 6.07) is 0. The highest BCUT2D eigenvalue weighted by molar-refractivity contribution is 5.84. The van der Waals surface area contributed by atoms with Crippen molar-refractivity contribution in [3.05, 3.63) is 11.6 Å². The van der Waals surface area contributed by atoms with E-state index in [1.165, 1.54) is 19.3 Å². The summed E-state index contributed by atoms with van der Waals surface area (Å²) in [5.41, 5.74) is 0.304. The quantitative estimate of drug-likeness (QED) is 0.628. The summed E-state index contributed by atoms with van der Waals surface area (Å²) < 4.78 is 5.73. The summed E-state index contributed by atoms with van der Waals surface area (Å²) in [4.78, 5) is 12.5. The van der Waals surface area contributed by atoms with Gasteiger partial charge in [-0.1, -0.05) is 31.9 Å². The van der Waals surface area contributed by atoms with E-state index in [9.17, 15) is 9.90 Å². The Morgan fingerprint density at radius 1 is 1.32 bits per heavy atom. The van der Waals surface area contributed by atoms with E-state index in [0.29, 0.717) is 0 Å². The fourth-order valence-electron chi connectivity index (χ4n) is 3.21. The molecule has 0 aliphatic heterocycles. The Labute approximate surface area is 116 Å². The third-order valence-electron chi connectivity index (χ3n) is 4.74. The number of carbonyl (C=O) groups excluding carboxylic acids is 1. The third-order valence-corrected chi connectivity index (χ3v) is 4.74. The Morgan fingerprint density at radius 3 is 2.37 bits per heavy atom. The molecule has 0 heterocycles. The van der Waals surface area contributed by atoms with Crippen LogP contribution in [0.1, 0.15) is 59.3 Å². The van der Waals surface area contributed by atoms with Crippen molar-refractivity contribution < 1.29 is 14.6 Å². The van der Waals surface area contributed by atoms with Crippen LogP contribution in [0.15, 0.2) is 11.6 Å². The first-order chi connectivity index (χ1) is 8.91. The zero-order valence-corrected chi connectivity index (χ0v) is 12.4. The minimum absolute atomic E-state index is 0.00847. The van der Waals surface area contributed by atoms with E-state index in [2.05, 4.69) is 13.8 Å². The molecule has 0 aromatic carbocycles. The van der Waals surface area contributed by atoms with Crippen molar-refractivity contribution in [1.29, 1.82) is 0 Å². The van der Waals surface area contributed by atoms with Crippen LogP contribution in [0, 0.1) is 10.8 Å². The average Bonchev–Trinajstić information content (AvgIpc) is 2.93. The van der Waals surface area contributed by atoms with E-state index < -0.39 is 5.41 Å². The first-order valence-corrected chi connectivity index (χ1v) is 7.41. The van der Waals surface area contributed by atoms with E-state index in [4.69, 9.17) is 4.74 Å². The van der Waals surface area contributed by atoms with Crippen molar-refractivity contribution in [3.8, 4) is 0 Å². The van der Waals surface area contributed by atoms with Gasteiger partial charge in [-0.3, -0.25) is 4.79 Å². The molecule has 2 saturated carbocycles. The number of ether oxygens (including phenoxy) is 1. The largest absolute Gasteiger partial charge is 0.462 e. The second kappa shape index (κ2) is 5.28. The molecule has 0 radical (unpaired) electrons. The molecule has 0 amide bonds. The van der Waals surface area contributed by atoms with Crippen LogP contribution in [0.4, 0.5) is 0 Å². The highest BCUT2D eigenvalue weighted by Gasteiger charge is 2.66. The number of hydrogen-bond donors (Lipinski definition) is 1. The fraction of sp³-hybridized carbons (Fsp3) is 0.812. The lowest BCUT2D eigenvalue weighted by atomic mass is 9.92. The second-order valence-corrected chi connectivity index (χ2v) is 6.85. The van der Waals surface area contributed by atoms with E-state index in [1.807, 2.05) is 13.0 Å². The molecule has 0 saturated heterocycles. The summed E-state index contributed by atoms with van der Waals surface area (Å²) in [7, 11) is 0. The van der Waals surface area contributed by atoms with Gasteiger partial charge in [0.15, 0.2) is 0 Å². The lowest BCUT2D eigenvalue weighted by Crippen LogP contribution is -2.29. The van der Waals surface area contributed by atoms with Gasteiger partial charge in [-0.15, -0.1) is 0 Å². The van der Waals surface area contributed by atoms with E-state index in [1.54, 1.807) is 0 Å². The first-order valence-electron chi connectivity index (χ1n) is 7.41. The summed E-state index contributed by atoms with van der Waals surface area (Å²) in [5.74, 6) is -0.0859. The third kappa shape index (κ3) is 2.86. The van der Waals surface area contributed by atoms with Gasteiger partial charge in [0, 0.05) is 0 Å². The maximum Gasteiger partial charge on any atom is 0.316 e. The summed E-state index contributed by atoms with van der Waals surface area (Å²) in [6.45, 7) is 6.06.